The number of aliphatic carboxylic acids is 1. The summed E-state index contributed by atoms with van der Waals surface area (Å²) in [7, 11) is 0. The Morgan fingerprint density at radius 3 is 2.76 bits per heavy atom. The predicted molar refractivity (Wildman–Crippen MR) is 85.3 cm³/mol. The van der Waals surface area contributed by atoms with Crippen molar-refractivity contribution in [1.29, 1.82) is 0 Å². The van der Waals surface area contributed by atoms with Crippen molar-refractivity contribution in [3.63, 3.8) is 0 Å². The van der Waals surface area contributed by atoms with Gasteiger partial charge in [0, 0.05) is 11.8 Å². The molecule has 0 bridgehead atoms. The van der Waals surface area contributed by atoms with E-state index in [9.17, 15) is 9.90 Å². The third kappa shape index (κ3) is 2.46. The number of nitrogens with zero attached hydrogens (tertiary/aromatic N) is 2. The van der Waals surface area contributed by atoms with Gasteiger partial charge in [-0.25, -0.2) is 9.79 Å². The topological polar surface area (TPSA) is 52.9 Å². The molecular formula is C16H18N2O2S. The summed E-state index contributed by atoms with van der Waals surface area (Å²) >= 11 is 1.72. The molecule has 0 amide bonds. The Morgan fingerprint density at radius 2 is 2.10 bits per heavy atom. The first-order chi connectivity index (χ1) is 10.1. The van der Waals surface area contributed by atoms with E-state index in [1.807, 2.05) is 30.3 Å². The van der Waals surface area contributed by atoms with Gasteiger partial charge in [0.2, 0.25) is 0 Å². The summed E-state index contributed by atoms with van der Waals surface area (Å²) in [6.45, 7) is 3.94. The van der Waals surface area contributed by atoms with Crippen LogP contribution in [0.2, 0.25) is 0 Å². The van der Waals surface area contributed by atoms with Gasteiger partial charge in [-0.2, -0.15) is 0 Å². The molecule has 0 aromatic heterocycles. The van der Waals surface area contributed by atoms with Gasteiger partial charge in [-0.3, -0.25) is 0 Å². The summed E-state index contributed by atoms with van der Waals surface area (Å²) in [6.07, 6.45) is 1.04. The number of carboxylic acid groups (broad SMARTS) is 1. The summed E-state index contributed by atoms with van der Waals surface area (Å²) < 4.78 is 0. The zero-order valence-corrected chi connectivity index (χ0v) is 12.9. The minimum atomic E-state index is -0.882. The molecule has 2 atom stereocenters. The van der Waals surface area contributed by atoms with Gasteiger partial charge in [-0.1, -0.05) is 42.1 Å². The van der Waals surface area contributed by atoms with Crippen molar-refractivity contribution in [1.82, 2.24) is 4.90 Å². The van der Waals surface area contributed by atoms with Crippen molar-refractivity contribution in [2.45, 2.75) is 32.4 Å². The van der Waals surface area contributed by atoms with Crippen LogP contribution in [0.4, 0.5) is 0 Å². The largest absolute Gasteiger partial charge is 0.478 e. The second-order valence-corrected chi connectivity index (χ2v) is 6.47. The van der Waals surface area contributed by atoms with Gasteiger partial charge in [0.15, 0.2) is 5.17 Å². The number of carboxylic acids is 1. The molecule has 1 N–H and O–H groups in total. The number of fused-ring (bicyclic) bond motifs is 1. The highest BCUT2D eigenvalue weighted by Gasteiger charge is 2.39. The van der Waals surface area contributed by atoms with E-state index in [-0.39, 0.29) is 12.1 Å². The average Bonchev–Trinajstić information content (AvgIpc) is 2.46. The molecule has 110 valence electrons. The Hall–Kier alpha value is -1.75. The van der Waals surface area contributed by atoms with Crippen LogP contribution in [0.1, 0.15) is 31.9 Å². The number of rotatable bonds is 2. The van der Waals surface area contributed by atoms with Crippen LogP contribution in [0.3, 0.4) is 0 Å². The van der Waals surface area contributed by atoms with Crippen molar-refractivity contribution in [3.8, 4) is 0 Å². The molecule has 21 heavy (non-hydrogen) atoms. The summed E-state index contributed by atoms with van der Waals surface area (Å²) in [4.78, 5) is 18.5. The highest BCUT2D eigenvalue weighted by atomic mass is 32.2. The lowest BCUT2D eigenvalue weighted by molar-refractivity contribution is -0.133. The van der Waals surface area contributed by atoms with Gasteiger partial charge in [0.1, 0.15) is 0 Å². The minimum Gasteiger partial charge on any atom is -0.478 e. The number of allylic oxidation sites excluding steroid dienone is 1. The lowest BCUT2D eigenvalue weighted by atomic mass is 9.93. The summed E-state index contributed by atoms with van der Waals surface area (Å²) in [5.74, 6) is 0.153. The fourth-order valence-corrected chi connectivity index (χ4v) is 4.23. The first-order valence-electron chi connectivity index (χ1n) is 7.08. The molecule has 2 aliphatic rings. The van der Waals surface area contributed by atoms with Gasteiger partial charge < -0.3 is 10.0 Å². The van der Waals surface area contributed by atoms with E-state index in [1.165, 1.54) is 0 Å². The van der Waals surface area contributed by atoms with Crippen molar-refractivity contribution in [2.75, 3.05) is 5.75 Å². The molecule has 2 unspecified atom stereocenters. The first kappa shape index (κ1) is 14.2. The zero-order chi connectivity index (χ0) is 15.0. The smallest absolute Gasteiger partial charge is 0.335 e. The summed E-state index contributed by atoms with van der Waals surface area (Å²) in [5.41, 5.74) is 2.01. The maximum absolute atomic E-state index is 11.8. The van der Waals surface area contributed by atoms with E-state index in [0.717, 1.165) is 22.9 Å². The van der Waals surface area contributed by atoms with Crippen molar-refractivity contribution >= 4 is 22.9 Å². The zero-order valence-electron chi connectivity index (χ0n) is 12.1. The van der Waals surface area contributed by atoms with Crippen molar-refractivity contribution in [2.24, 2.45) is 4.99 Å². The average molecular weight is 302 g/mol. The Bertz CT molecular complexity index is 624. The van der Waals surface area contributed by atoms with Crippen LogP contribution in [0.25, 0.3) is 0 Å². The van der Waals surface area contributed by atoms with Crippen LogP contribution in [-0.2, 0) is 4.79 Å². The molecule has 0 spiro atoms. The van der Waals surface area contributed by atoms with E-state index >= 15 is 0 Å². The minimum absolute atomic E-state index is 0.251. The Morgan fingerprint density at radius 1 is 1.38 bits per heavy atom. The van der Waals surface area contributed by atoms with E-state index in [2.05, 4.69) is 16.8 Å². The highest BCUT2D eigenvalue weighted by Crippen LogP contribution is 2.41. The predicted octanol–water partition coefficient (Wildman–Crippen LogP) is 3.28. The number of carbonyl (C=O) groups is 1. The number of thioether (sulfide) groups is 1. The van der Waals surface area contributed by atoms with Crippen LogP contribution in [0.5, 0.6) is 0 Å². The third-order valence-corrected chi connectivity index (χ3v) is 5.01. The molecular weight excluding hydrogens is 284 g/mol. The molecule has 2 aliphatic heterocycles. The fraction of sp³-hybridized carbons (Fsp3) is 0.375. The summed E-state index contributed by atoms with van der Waals surface area (Å²) in [5, 5.41) is 10.6. The molecule has 1 aromatic carbocycles. The van der Waals surface area contributed by atoms with Gasteiger partial charge in [-0.05, 0) is 25.8 Å². The van der Waals surface area contributed by atoms with Gasteiger partial charge >= 0.3 is 5.97 Å². The van der Waals surface area contributed by atoms with Crippen LogP contribution < -0.4 is 0 Å². The first-order valence-corrected chi connectivity index (χ1v) is 8.07. The highest BCUT2D eigenvalue weighted by molar-refractivity contribution is 8.13. The van der Waals surface area contributed by atoms with Crippen LogP contribution >= 0.6 is 11.8 Å². The molecule has 1 saturated heterocycles. The van der Waals surface area contributed by atoms with Gasteiger partial charge in [0.05, 0.1) is 17.3 Å². The number of amidine groups is 1. The number of benzene rings is 1. The molecule has 1 fully saturated rings. The van der Waals surface area contributed by atoms with Crippen LogP contribution in [0.15, 0.2) is 46.6 Å². The molecule has 2 heterocycles. The normalized spacial score (nSPS) is 25.4. The van der Waals surface area contributed by atoms with E-state index in [1.54, 1.807) is 18.7 Å². The van der Waals surface area contributed by atoms with Crippen molar-refractivity contribution < 1.29 is 9.90 Å². The standard InChI is InChI=1S/C16H18N2O2S/c1-10-8-9-21-16-17-11(2)13(15(19)20)14(18(10)16)12-6-4-3-5-7-12/h3-7,10,14H,8-9H2,1-2H3,(H,19,20). The van der Waals surface area contributed by atoms with Crippen molar-refractivity contribution in [3.05, 3.63) is 47.2 Å². The van der Waals surface area contributed by atoms with Crippen LogP contribution in [-0.4, -0.2) is 32.9 Å². The third-order valence-electron chi connectivity index (χ3n) is 4.01. The molecule has 4 nitrogen and oxygen atoms in total. The van der Waals surface area contributed by atoms with E-state index in [4.69, 9.17) is 0 Å². The Labute approximate surface area is 128 Å². The van der Waals surface area contributed by atoms with Crippen LogP contribution in [0, 0.1) is 0 Å². The lowest BCUT2D eigenvalue weighted by Crippen LogP contribution is -2.47. The Balaban J connectivity index is 2.16. The lowest BCUT2D eigenvalue weighted by Gasteiger charge is -2.44. The van der Waals surface area contributed by atoms with E-state index in [0.29, 0.717) is 11.3 Å². The maximum Gasteiger partial charge on any atom is 0.335 e. The second-order valence-electron chi connectivity index (χ2n) is 5.41. The molecule has 0 aliphatic carbocycles. The molecule has 5 heteroatoms. The quantitative estimate of drug-likeness (QED) is 0.911. The van der Waals surface area contributed by atoms with Gasteiger partial charge in [0.25, 0.3) is 0 Å². The van der Waals surface area contributed by atoms with Gasteiger partial charge in [-0.15, -0.1) is 0 Å². The number of hydrogen-bond donors (Lipinski definition) is 1. The molecule has 0 saturated carbocycles. The molecule has 3 rings (SSSR count). The summed E-state index contributed by atoms with van der Waals surface area (Å²) in [6, 6.07) is 9.89. The monoisotopic (exact) mass is 302 g/mol. The number of hydrogen-bond acceptors (Lipinski definition) is 4. The maximum atomic E-state index is 11.8. The molecule has 0 radical (unpaired) electrons. The number of aliphatic imine (C=N–C) groups is 1. The Kier molecular flexibility index (Phi) is 3.76. The molecule has 1 aromatic rings. The van der Waals surface area contributed by atoms with E-state index < -0.39 is 5.97 Å². The fourth-order valence-electron chi connectivity index (χ4n) is 2.95. The SMILES string of the molecule is CC1=C(C(=O)O)C(c2ccccc2)N2C(=N1)SCCC2C. The second kappa shape index (κ2) is 5.56.